The van der Waals surface area contributed by atoms with Crippen LogP contribution in [0.5, 0.6) is 5.75 Å². The number of hydrogen-bond acceptors (Lipinski definition) is 3. The van der Waals surface area contributed by atoms with Gasteiger partial charge in [0, 0.05) is 18.7 Å². The Morgan fingerprint density at radius 2 is 2.19 bits per heavy atom. The van der Waals surface area contributed by atoms with Crippen LogP contribution in [0.25, 0.3) is 0 Å². The van der Waals surface area contributed by atoms with Gasteiger partial charge in [0.05, 0.1) is 6.61 Å². The fourth-order valence-corrected chi connectivity index (χ4v) is 1.84. The number of hydrogen-bond donors (Lipinski definition) is 1. The van der Waals surface area contributed by atoms with Gasteiger partial charge in [-0.2, -0.15) is 0 Å². The van der Waals surface area contributed by atoms with Crippen molar-refractivity contribution in [3.63, 3.8) is 0 Å². The van der Waals surface area contributed by atoms with Crippen molar-refractivity contribution in [3.05, 3.63) is 30.3 Å². The third kappa shape index (κ3) is 3.22. The van der Waals surface area contributed by atoms with E-state index in [2.05, 4.69) is 12.2 Å². The predicted octanol–water partition coefficient (Wildman–Crippen LogP) is 1.83. The van der Waals surface area contributed by atoms with E-state index < -0.39 is 0 Å². The first-order chi connectivity index (χ1) is 7.79. The largest absolute Gasteiger partial charge is 0.492 e. The number of benzene rings is 1. The van der Waals surface area contributed by atoms with Crippen LogP contribution in [0.3, 0.4) is 0 Å². The molecule has 0 radical (unpaired) electrons. The standard InChI is InChI=1S/C13H19NO2/c1-13(7-9-15-11-13)14-8-10-16-12-5-3-2-4-6-12/h2-6,14H,7-11H2,1H3. The summed E-state index contributed by atoms with van der Waals surface area (Å²) < 4.78 is 11.0. The average molecular weight is 221 g/mol. The fourth-order valence-electron chi connectivity index (χ4n) is 1.84. The topological polar surface area (TPSA) is 30.5 Å². The molecule has 88 valence electrons. The maximum Gasteiger partial charge on any atom is 0.119 e. The fraction of sp³-hybridized carbons (Fsp3) is 0.538. The zero-order valence-corrected chi connectivity index (χ0v) is 9.74. The van der Waals surface area contributed by atoms with Gasteiger partial charge in [-0.3, -0.25) is 0 Å². The summed E-state index contributed by atoms with van der Waals surface area (Å²) in [5, 5.41) is 3.48. The molecular weight excluding hydrogens is 202 g/mol. The molecule has 0 aliphatic carbocycles. The van der Waals surface area contributed by atoms with Crippen LogP contribution in [0.15, 0.2) is 30.3 Å². The third-order valence-electron chi connectivity index (χ3n) is 2.88. The first-order valence-electron chi connectivity index (χ1n) is 5.79. The van der Waals surface area contributed by atoms with Crippen molar-refractivity contribution in [2.75, 3.05) is 26.4 Å². The summed E-state index contributed by atoms with van der Waals surface area (Å²) in [7, 11) is 0. The zero-order chi connectivity index (χ0) is 11.3. The Bertz CT molecular complexity index is 307. The Morgan fingerprint density at radius 1 is 1.38 bits per heavy atom. The second-order valence-electron chi connectivity index (χ2n) is 4.45. The molecule has 1 aromatic rings. The lowest BCUT2D eigenvalue weighted by atomic mass is 10.0. The molecule has 1 aromatic carbocycles. The molecule has 1 atom stereocenters. The monoisotopic (exact) mass is 221 g/mol. The van der Waals surface area contributed by atoms with Crippen LogP contribution in [0, 0.1) is 0 Å². The molecule has 1 N–H and O–H groups in total. The molecule has 1 aliphatic heterocycles. The van der Waals surface area contributed by atoms with Crippen molar-refractivity contribution >= 4 is 0 Å². The van der Waals surface area contributed by atoms with E-state index in [9.17, 15) is 0 Å². The summed E-state index contributed by atoms with van der Waals surface area (Å²) in [6, 6.07) is 9.90. The minimum atomic E-state index is 0.139. The summed E-state index contributed by atoms with van der Waals surface area (Å²) in [6.07, 6.45) is 1.08. The molecule has 0 spiro atoms. The van der Waals surface area contributed by atoms with Gasteiger partial charge in [0.1, 0.15) is 12.4 Å². The predicted molar refractivity (Wildman–Crippen MR) is 63.8 cm³/mol. The molecule has 0 amide bonds. The van der Waals surface area contributed by atoms with Gasteiger partial charge in [-0.1, -0.05) is 18.2 Å². The maximum absolute atomic E-state index is 5.61. The van der Waals surface area contributed by atoms with E-state index in [0.29, 0.717) is 6.61 Å². The first kappa shape index (κ1) is 11.4. The highest BCUT2D eigenvalue weighted by Crippen LogP contribution is 2.16. The van der Waals surface area contributed by atoms with Crippen molar-refractivity contribution in [3.8, 4) is 5.75 Å². The van der Waals surface area contributed by atoms with Crippen molar-refractivity contribution in [1.29, 1.82) is 0 Å². The normalized spacial score (nSPS) is 24.6. The van der Waals surface area contributed by atoms with Crippen LogP contribution in [-0.4, -0.2) is 31.9 Å². The van der Waals surface area contributed by atoms with Crippen LogP contribution in [0.1, 0.15) is 13.3 Å². The van der Waals surface area contributed by atoms with Gasteiger partial charge in [0.2, 0.25) is 0 Å². The lowest BCUT2D eigenvalue weighted by Gasteiger charge is -2.23. The molecule has 0 aromatic heterocycles. The van der Waals surface area contributed by atoms with E-state index in [4.69, 9.17) is 9.47 Å². The molecule has 1 heterocycles. The molecule has 16 heavy (non-hydrogen) atoms. The first-order valence-corrected chi connectivity index (χ1v) is 5.79. The van der Waals surface area contributed by atoms with E-state index in [1.165, 1.54) is 0 Å². The van der Waals surface area contributed by atoms with Crippen molar-refractivity contribution in [1.82, 2.24) is 5.32 Å². The van der Waals surface area contributed by atoms with E-state index in [1.807, 2.05) is 30.3 Å². The van der Waals surface area contributed by atoms with Crippen LogP contribution in [0.2, 0.25) is 0 Å². The number of para-hydroxylation sites is 1. The van der Waals surface area contributed by atoms with Gasteiger partial charge < -0.3 is 14.8 Å². The Hall–Kier alpha value is -1.06. The minimum Gasteiger partial charge on any atom is -0.492 e. The zero-order valence-electron chi connectivity index (χ0n) is 9.74. The lowest BCUT2D eigenvalue weighted by molar-refractivity contribution is 0.169. The molecule has 3 heteroatoms. The number of rotatable bonds is 5. The quantitative estimate of drug-likeness (QED) is 0.769. The minimum absolute atomic E-state index is 0.139. The van der Waals surface area contributed by atoms with Crippen LogP contribution in [0.4, 0.5) is 0 Å². The summed E-state index contributed by atoms with van der Waals surface area (Å²) in [5.74, 6) is 0.928. The second kappa shape index (κ2) is 5.32. The average Bonchev–Trinajstić information content (AvgIpc) is 2.74. The van der Waals surface area contributed by atoms with Crippen molar-refractivity contribution < 1.29 is 9.47 Å². The smallest absolute Gasteiger partial charge is 0.119 e. The van der Waals surface area contributed by atoms with Crippen LogP contribution >= 0.6 is 0 Å². The molecule has 0 saturated carbocycles. The summed E-state index contributed by atoms with van der Waals surface area (Å²) >= 11 is 0. The molecule has 3 nitrogen and oxygen atoms in total. The molecule has 1 saturated heterocycles. The number of ether oxygens (including phenoxy) is 2. The molecule has 1 fully saturated rings. The van der Waals surface area contributed by atoms with E-state index in [1.54, 1.807) is 0 Å². The maximum atomic E-state index is 5.61. The van der Waals surface area contributed by atoms with Crippen molar-refractivity contribution in [2.24, 2.45) is 0 Å². The van der Waals surface area contributed by atoms with E-state index in [0.717, 1.165) is 31.9 Å². The van der Waals surface area contributed by atoms with Gasteiger partial charge in [-0.15, -0.1) is 0 Å². The van der Waals surface area contributed by atoms with Gasteiger partial charge in [-0.25, -0.2) is 0 Å². The number of nitrogens with one attached hydrogen (secondary N) is 1. The summed E-state index contributed by atoms with van der Waals surface area (Å²) in [6.45, 7) is 5.41. The highest BCUT2D eigenvalue weighted by atomic mass is 16.5. The summed E-state index contributed by atoms with van der Waals surface area (Å²) in [4.78, 5) is 0. The molecule has 1 unspecified atom stereocenters. The molecule has 0 bridgehead atoms. The van der Waals surface area contributed by atoms with E-state index >= 15 is 0 Å². The van der Waals surface area contributed by atoms with E-state index in [-0.39, 0.29) is 5.54 Å². The lowest BCUT2D eigenvalue weighted by Crippen LogP contribution is -2.44. The molecular formula is C13H19NO2. The SMILES string of the molecule is CC1(NCCOc2ccccc2)CCOC1. The molecule has 2 rings (SSSR count). The van der Waals surface area contributed by atoms with Gasteiger partial charge in [0.15, 0.2) is 0 Å². The van der Waals surface area contributed by atoms with Gasteiger partial charge >= 0.3 is 0 Å². The van der Waals surface area contributed by atoms with Crippen LogP contribution < -0.4 is 10.1 Å². The highest BCUT2D eigenvalue weighted by Gasteiger charge is 2.28. The Balaban J connectivity index is 1.65. The third-order valence-corrected chi connectivity index (χ3v) is 2.88. The summed E-state index contributed by atoms with van der Waals surface area (Å²) in [5.41, 5.74) is 0.139. The Labute approximate surface area is 96.8 Å². The van der Waals surface area contributed by atoms with Crippen LogP contribution in [-0.2, 0) is 4.74 Å². The second-order valence-corrected chi connectivity index (χ2v) is 4.45. The van der Waals surface area contributed by atoms with Crippen molar-refractivity contribution in [2.45, 2.75) is 18.9 Å². The van der Waals surface area contributed by atoms with Gasteiger partial charge in [-0.05, 0) is 25.5 Å². The Kier molecular flexibility index (Phi) is 3.80. The molecule has 1 aliphatic rings. The van der Waals surface area contributed by atoms with Gasteiger partial charge in [0.25, 0.3) is 0 Å². The highest BCUT2D eigenvalue weighted by molar-refractivity contribution is 5.20. The Morgan fingerprint density at radius 3 is 2.88 bits per heavy atom.